The van der Waals surface area contributed by atoms with Crippen molar-refractivity contribution in [3.8, 4) is 15.6 Å². The number of rotatable bonds is 5. The van der Waals surface area contributed by atoms with Crippen molar-refractivity contribution in [1.82, 2.24) is 10.2 Å². The Labute approximate surface area is 145 Å². The van der Waals surface area contributed by atoms with Crippen LogP contribution in [0.5, 0.6) is 5.75 Å². The molecule has 23 heavy (non-hydrogen) atoms. The van der Waals surface area contributed by atoms with Crippen LogP contribution in [0, 0.1) is 6.92 Å². The molecule has 3 rings (SSSR count). The highest BCUT2D eigenvalue weighted by Crippen LogP contribution is 2.29. The predicted molar refractivity (Wildman–Crippen MR) is 93.5 cm³/mol. The first-order chi connectivity index (χ1) is 11.1. The fraction of sp³-hybridized carbons (Fsp3) is 0.133. The van der Waals surface area contributed by atoms with Crippen molar-refractivity contribution in [3.63, 3.8) is 0 Å². The molecule has 0 atom stereocenters. The van der Waals surface area contributed by atoms with Crippen molar-refractivity contribution in [2.75, 3.05) is 11.9 Å². The van der Waals surface area contributed by atoms with E-state index in [0.717, 1.165) is 15.4 Å². The maximum absolute atomic E-state index is 11.9. The first-order valence-corrected chi connectivity index (χ1v) is 8.75. The molecule has 0 radical (unpaired) electrons. The van der Waals surface area contributed by atoms with Crippen LogP contribution in [0.4, 0.5) is 5.13 Å². The zero-order chi connectivity index (χ0) is 16.2. The molecule has 0 aliphatic heterocycles. The molecule has 2 heterocycles. The summed E-state index contributed by atoms with van der Waals surface area (Å²) in [7, 11) is 0. The van der Waals surface area contributed by atoms with Crippen molar-refractivity contribution in [2.24, 2.45) is 0 Å². The predicted octanol–water partition coefficient (Wildman–Crippen LogP) is 4.25. The van der Waals surface area contributed by atoms with Crippen molar-refractivity contribution in [3.05, 3.63) is 46.3 Å². The minimum absolute atomic E-state index is 0.102. The third-order valence-corrected chi connectivity index (χ3v) is 5.20. The number of anilines is 1. The van der Waals surface area contributed by atoms with Gasteiger partial charge in [-0.15, -0.1) is 21.5 Å². The number of hydrogen-bond acceptors (Lipinski definition) is 6. The molecule has 0 aliphatic rings. The van der Waals surface area contributed by atoms with E-state index in [9.17, 15) is 4.79 Å². The lowest BCUT2D eigenvalue weighted by atomic mass is 10.2. The van der Waals surface area contributed by atoms with E-state index in [-0.39, 0.29) is 12.5 Å². The van der Waals surface area contributed by atoms with Crippen LogP contribution < -0.4 is 10.1 Å². The molecule has 0 saturated heterocycles. The Morgan fingerprint density at radius 1 is 1.35 bits per heavy atom. The Bertz CT molecular complexity index is 818. The Morgan fingerprint density at radius 2 is 2.22 bits per heavy atom. The number of amides is 1. The Morgan fingerprint density at radius 3 is 2.96 bits per heavy atom. The van der Waals surface area contributed by atoms with Crippen molar-refractivity contribution < 1.29 is 9.53 Å². The van der Waals surface area contributed by atoms with Gasteiger partial charge in [0, 0.05) is 5.02 Å². The number of nitrogens with zero attached hydrogens (tertiary/aromatic N) is 2. The average molecular weight is 366 g/mol. The molecular weight excluding hydrogens is 354 g/mol. The number of aromatic nitrogens is 2. The van der Waals surface area contributed by atoms with Crippen LogP contribution in [0.3, 0.4) is 0 Å². The van der Waals surface area contributed by atoms with Crippen LogP contribution in [0.2, 0.25) is 5.02 Å². The SMILES string of the molecule is Cc1cc(OCC(=O)Nc2nnc(-c3cccs3)s2)ccc1Cl. The lowest BCUT2D eigenvalue weighted by Gasteiger charge is -2.07. The summed E-state index contributed by atoms with van der Waals surface area (Å²) < 4.78 is 5.44. The highest BCUT2D eigenvalue weighted by atomic mass is 35.5. The van der Waals surface area contributed by atoms with Crippen molar-refractivity contribution in [1.29, 1.82) is 0 Å². The van der Waals surface area contributed by atoms with Crippen molar-refractivity contribution >= 4 is 45.3 Å². The van der Waals surface area contributed by atoms with Gasteiger partial charge in [0.25, 0.3) is 5.91 Å². The van der Waals surface area contributed by atoms with Gasteiger partial charge in [-0.05, 0) is 42.1 Å². The molecular formula is C15H12ClN3O2S2. The summed E-state index contributed by atoms with van der Waals surface area (Å²) in [6.07, 6.45) is 0. The molecule has 2 aromatic heterocycles. The Hall–Kier alpha value is -1.96. The van der Waals surface area contributed by atoms with E-state index in [0.29, 0.717) is 15.9 Å². The molecule has 1 N–H and O–H groups in total. The molecule has 1 amide bonds. The second-order valence-electron chi connectivity index (χ2n) is 4.64. The second-order valence-corrected chi connectivity index (χ2v) is 6.97. The normalized spacial score (nSPS) is 10.5. The molecule has 0 aliphatic carbocycles. The summed E-state index contributed by atoms with van der Waals surface area (Å²) in [5, 5.41) is 14.6. The average Bonchev–Trinajstić information content (AvgIpc) is 3.19. The van der Waals surface area contributed by atoms with E-state index in [4.69, 9.17) is 16.3 Å². The number of carbonyl (C=O) groups excluding carboxylic acids is 1. The molecule has 0 spiro atoms. The minimum Gasteiger partial charge on any atom is -0.484 e. The maximum Gasteiger partial charge on any atom is 0.264 e. The highest BCUT2D eigenvalue weighted by Gasteiger charge is 2.11. The number of halogens is 1. The van der Waals surface area contributed by atoms with Gasteiger partial charge in [0.1, 0.15) is 5.75 Å². The fourth-order valence-electron chi connectivity index (χ4n) is 1.78. The number of benzene rings is 1. The van der Waals surface area contributed by atoms with E-state index in [2.05, 4.69) is 15.5 Å². The van der Waals surface area contributed by atoms with Gasteiger partial charge in [0.05, 0.1) is 4.88 Å². The lowest BCUT2D eigenvalue weighted by Crippen LogP contribution is -2.20. The van der Waals surface area contributed by atoms with E-state index >= 15 is 0 Å². The van der Waals surface area contributed by atoms with Gasteiger partial charge in [-0.3, -0.25) is 10.1 Å². The Kier molecular flexibility index (Phi) is 4.90. The van der Waals surface area contributed by atoms with Gasteiger partial charge in [-0.25, -0.2) is 0 Å². The second kappa shape index (κ2) is 7.08. The van der Waals surface area contributed by atoms with Gasteiger partial charge in [0.15, 0.2) is 11.6 Å². The zero-order valence-corrected chi connectivity index (χ0v) is 14.5. The van der Waals surface area contributed by atoms with E-state index in [1.165, 1.54) is 11.3 Å². The molecule has 1 aromatic carbocycles. The quantitative estimate of drug-likeness (QED) is 0.734. The number of thiophene rings is 1. The molecule has 0 saturated carbocycles. The Balaban J connectivity index is 1.56. The monoisotopic (exact) mass is 365 g/mol. The summed E-state index contributed by atoms with van der Waals surface area (Å²) in [4.78, 5) is 12.9. The molecule has 5 nitrogen and oxygen atoms in total. The lowest BCUT2D eigenvalue weighted by molar-refractivity contribution is -0.118. The van der Waals surface area contributed by atoms with Crippen molar-refractivity contribution in [2.45, 2.75) is 6.92 Å². The molecule has 0 fully saturated rings. The number of hydrogen-bond donors (Lipinski definition) is 1. The van der Waals surface area contributed by atoms with Gasteiger partial charge < -0.3 is 4.74 Å². The van der Waals surface area contributed by atoms with Crippen LogP contribution in [0.15, 0.2) is 35.7 Å². The van der Waals surface area contributed by atoms with E-state index < -0.39 is 0 Å². The fourth-order valence-corrected chi connectivity index (χ4v) is 3.45. The van der Waals surface area contributed by atoms with Crippen LogP contribution in [-0.2, 0) is 4.79 Å². The van der Waals surface area contributed by atoms with Gasteiger partial charge in [0.2, 0.25) is 5.13 Å². The smallest absolute Gasteiger partial charge is 0.264 e. The number of aryl methyl sites for hydroxylation is 1. The first-order valence-electron chi connectivity index (χ1n) is 6.68. The zero-order valence-electron chi connectivity index (χ0n) is 12.1. The highest BCUT2D eigenvalue weighted by molar-refractivity contribution is 7.23. The van der Waals surface area contributed by atoms with Crippen LogP contribution >= 0.6 is 34.3 Å². The summed E-state index contributed by atoms with van der Waals surface area (Å²) in [6, 6.07) is 9.16. The minimum atomic E-state index is -0.286. The number of carbonyl (C=O) groups is 1. The molecule has 3 aromatic rings. The molecule has 8 heteroatoms. The maximum atomic E-state index is 11.9. The molecule has 118 valence electrons. The summed E-state index contributed by atoms with van der Waals surface area (Å²) >= 11 is 8.85. The largest absolute Gasteiger partial charge is 0.484 e. The summed E-state index contributed by atoms with van der Waals surface area (Å²) in [5.74, 6) is 0.310. The van der Waals surface area contributed by atoms with Crippen LogP contribution in [-0.4, -0.2) is 22.7 Å². The number of nitrogens with one attached hydrogen (secondary N) is 1. The number of ether oxygens (including phenoxy) is 1. The van der Waals surface area contributed by atoms with Gasteiger partial charge in [-0.2, -0.15) is 0 Å². The standard InChI is InChI=1S/C15H12ClN3O2S2/c1-9-7-10(4-5-11(9)16)21-8-13(20)17-15-19-18-14(23-15)12-3-2-6-22-12/h2-7H,8H2,1H3,(H,17,19,20). The van der Waals surface area contributed by atoms with Crippen LogP contribution in [0.1, 0.15) is 5.56 Å². The third kappa shape index (κ3) is 4.07. The van der Waals surface area contributed by atoms with Crippen LogP contribution in [0.25, 0.3) is 9.88 Å². The summed E-state index contributed by atoms with van der Waals surface area (Å²) in [6.45, 7) is 1.78. The molecule has 0 bridgehead atoms. The summed E-state index contributed by atoms with van der Waals surface area (Å²) in [5.41, 5.74) is 0.897. The molecule has 0 unspecified atom stereocenters. The van der Waals surface area contributed by atoms with E-state index in [1.807, 2.05) is 24.4 Å². The topological polar surface area (TPSA) is 64.1 Å². The van der Waals surface area contributed by atoms with E-state index in [1.54, 1.807) is 29.5 Å². The van der Waals surface area contributed by atoms with Gasteiger partial charge >= 0.3 is 0 Å². The third-order valence-electron chi connectivity index (χ3n) is 2.90. The first kappa shape index (κ1) is 15.9. The van der Waals surface area contributed by atoms with Gasteiger partial charge in [-0.1, -0.05) is 29.0 Å².